The SMILES string of the molecule is CC1CC(Cc2cc3c(-c4cnc(N)c(F)c4)ccnc3n2C)(OC(=O)c2ccccc2)CCN1. The Kier molecular flexibility index (Phi) is 5.98. The third kappa shape index (κ3) is 4.49. The molecular weight excluding hydrogens is 445 g/mol. The average Bonchev–Trinajstić information content (AvgIpc) is 3.16. The Bertz CT molecular complexity index is 1390. The number of ether oxygens (including phenoxy) is 1. The van der Waals surface area contributed by atoms with Gasteiger partial charge >= 0.3 is 5.97 Å². The number of esters is 1. The number of aromatic nitrogens is 3. The first-order chi connectivity index (χ1) is 16.8. The molecule has 0 bridgehead atoms. The molecular formula is C27H28FN5O2. The molecule has 1 aliphatic rings. The summed E-state index contributed by atoms with van der Waals surface area (Å²) in [7, 11) is 1.95. The lowest BCUT2D eigenvalue weighted by atomic mass is 9.84. The molecule has 2 unspecified atom stereocenters. The lowest BCUT2D eigenvalue weighted by molar-refractivity contribution is -0.0411. The Morgan fingerprint density at radius 3 is 2.80 bits per heavy atom. The number of aryl methyl sites for hydroxylation is 1. The van der Waals surface area contributed by atoms with Gasteiger partial charge in [-0.15, -0.1) is 0 Å². The maximum Gasteiger partial charge on any atom is 0.338 e. The van der Waals surface area contributed by atoms with E-state index in [9.17, 15) is 9.18 Å². The van der Waals surface area contributed by atoms with Gasteiger partial charge < -0.3 is 20.4 Å². The van der Waals surface area contributed by atoms with Crippen molar-refractivity contribution in [1.29, 1.82) is 0 Å². The highest BCUT2D eigenvalue weighted by molar-refractivity contribution is 5.94. The van der Waals surface area contributed by atoms with Gasteiger partial charge in [-0.05, 0) is 49.4 Å². The van der Waals surface area contributed by atoms with E-state index in [-0.39, 0.29) is 17.8 Å². The number of nitrogens with one attached hydrogen (secondary N) is 1. The molecule has 1 aromatic carbocycles. The molecule has 35 heavy (non-hydrogen) atoms. The normalized spacial score (nSPS) is 20.1. The van der Waals surface area contributed by atoms with Crippen molar-refractivity contribution < 1.29 is 13.9 Å². The van der Waals surface area contributed by atoms with E-state index in [1.165, 1.54) is 6.07 Å². The highest BCUT2D eigenvalue weighted by Gasteiger charge is 2.40. The van der Waals surface area contributed by atoms with Crippen LogP contribution < -0.4 is 11.1 Å². The van der Waals surface area contributed by atoms with Crippen molar-refractivity contribution >= 4 is 22.8 Å². The molecule has 5 rings (SSSR count). The van der Waals surface area contributed by atoms with Crippen molar-refractivity contribution in [3.05, 3.63) is 78.0 Å². The number of hydrogen-bond donors (Lipinski definition) is 2. The summed E-state index contributed by atoms with van der Waals surface area (Å²) in [5, 5.41) is 4.33. The van der Waals surface area contributed by atoms with Crippen molar-refractivity contribution in [2.24, 2.45) is 7.05 Å². The second-order valence-electron chi connectivity index (χ2n) is 9.31. The number of piperidine rings is 1. The quantitative estimate of drug-likeness (QED) is 0.421. The average molecular weight is 474 g/mol. The molecule has 1 fully saturated rings. The lowest BCUT2D eigenvalue weighted by Gasteiger charge is -2.40. The Balaban J connectivity index is 1.53. The van der Waals surface area contributed by atoms with Gasteiger partial charge in [0.25, 0.3) is 0 Å². The molecule has 2 atom stereocenters. The van der Waals surface area contributed by atoms with Crippen molar-refractivity contribution in [3.8, 4) is 11.1 Å². The van der Waals surface area contributed by atoms with Crippen LogP contribution in [0.25, 0.3) is 22.2 Å². The number of halogens is 1. The number of nitrogens with zero attached hydrogens (tertiary/aromatic N) is 3. The third-order valence-electron chi connectivity index (χ3n) is 6.78. The molecule has 180 valence electrons. The largest absolute Gasteiger partial charge is 0.455 e. The Labute approximate surface area is 203 Å². The number of pyridine rings is 2. The van der Waals surface area contributed by atoms with Crippen molar-refractivity contribution in [1.82, 2.24) is 19.9 Å². The predicted molar refractivity (Wildman–Crippen MR) is 133 cm³/mol. The van der Waals surface area contributed by atoms with Gasteiger partial charge in [0, 0.05) is 61.4 Å². The predicted octanol–water partition coefficient (Wildman–Crippen LogP) is 4.27. The topological polar surface area (TPSA) is 95.1 Å². The van der Waals surface area contributed by atoms with Gasteiger partial charge in [0.1, 0.15) is 11.2 Å². The van der Waals surface area contributed by atoms with Crippen LogP contribution in [0.1, 0.15) is 35.8 Å². The summed E-state index contributed by atoms with van der Waals surface area (Å²) in [6, 6.07) is 14.6. The fourth-order valence-corrected chi connectivity index (χ4v) is 5.02. The van der Waals surface area contributed by atoms with E-state index in [1.54, 1.807) is 24.5 Å². The molecule has 1 aliphatic heterocycles. The van der Waals surface area contributed by atoms with Crippen LogP contribution in [0.2, 0.25) is 0 Å². The molecule has 4 heterocycles. The molecule has 0 aliphatic carbocycles. The minimum absolute atomic E-state index is 0.130. The zero-order valence-corrected chi connectivity index (χ0v) is 19.8. The molecule has 0 saturated carbocycles. The summed E-state index contributed by atoms with van der Waals surface area (Å²) in [6.07, 6.45) is 5.20. The van der Waals surface area contributed by atoms with E-state index < -0.39 is 11.4 Å². The Morgan fingerprint density at radius 2 is 2.06 bits per heavy atom. The summed E-state index contributed by atoms with van der Waals surface area (Å²) >= 11 is 0. The molecule has 0 spiro atoms. The van der Waals surface area contributed by atoms with Crippen LogP contribution in [0, 0.1) is 5.82 Å². The second kappa shape index (κ2) is 9.11. The second-order valence-corrected chi connectivity index (χ2v) is 9.31. The molecule has 4 aromatic rings. The van der Waals surface area contributed by atoms with Gasteiger partial charge in [-0.3, -0.25) is 0 Å². The van der Waals surface area contributed by atoms with Gasteiger partial charge in [0.15, 0.2) is 11.6 Å². The number of carbonyl (C=O) groups excluding carboxylic acids is 1. The third-order valence-corrected chi connectivity index (χ3v) is 6.78. The molecule has 1 saturated heterocycles. The van der Waals surface area contributed by atoms with E-state index >= 15 is 0 Å². The van der Waals surface area contributed by atoms with Crippen LogP contribution in [-0.2, 0) is 18.2 Å². The molecule has 8 heteroatoms. The number of nitrogen functional groups attached to an aromatic ring is 1. The summed E-state index contributed by atoms with van der Waals surface area (Å²) in [5.74, 6) is -1.00. The van der Waals surface area contributed by atoms with Gasteiger partial charge in [0.05, 0.1) is 5.56 Å². The van der Waals surface area contributed by atoms with Gasteiger partial charge in [-0.1, -0.05) is 18.2 Å². The van der Waals surface area contributed by atoms with E-state index in [1.807, 2.05) is 35.9 Å². The fraction of sp³-hybridized carbons (Fsp3) is 0.296. The number of carbonyl (C=O) groups is 1. The van der Waals surface area contributed by atoms with E-state index in [4.69, 9.17) is 10.5 Å². The van der Waals surface area contributed by atoms with Crippen LogP contribution in [0.5, 0.6) is 0 Å². The maximum atomic E-state index is 14.1. The molecule has 0 radical (unpaired) electrons. The number of anilines is 1. The monoisotopic (exact) mass is 473 g/mol. The van der Waals surface area contributed by atoms with E-state index in [0.717, 1.165) is 28.8 Å². The Morgan fingerprint density at radius 1 is 1.26 bits per heavy atom. The van der Waals surface area contributed by atoms with Crippen molar-refractivity contribution in [2.45, 2.75) is 37.8 Å². The zero-order valence-electron chi connectivity index (χ0n) is 19.8. The first kappa shape index (κ1) is 23.0. The lowest BCUT2D eigenvalue weighted by Crippen LogP contribution is -2.50. The zero-order chi connectivity index (χ0) is 24.6. The van der Waals surface area contributed by atoms with Crippen LogP contribution >= 0.6 is 0 Å². The minimum atomic E-state index is -0.658. The van der Waals surface area contributed by atoms with Crippen molar-refractivity contribution in [2.75, 3.05) is 12.3 Å². The molecule has 3 aromatic heterocycles. The van der Waals surface area contributed by atoms with Crippen LogP contribution in [0.3, 0.4) is 0 Å². The first-order valence-corrected chi connectivity index (χ1v) is 11.7. The smallest absolute Gasteiger partial charge is 0.338 e. The summed E-state index contributed by atoms with van der Waals surface area (Å²) < 4.78 is 22.4. The maximum absolute atomic E-state index is 14.1. The van der Waals surface area contributed by atoms with Gasteiger partial charge in [0.2, 0.25) is 0 Å². The van der Waals surface area contributed by atoms with Crippen molar-refractivity contribution in [3.63, 3.8) is 0 Å². The van der Waals surface area contributed by atoms with Crippen LogP contribution in [0.4, 0.5) is 10.2 Å². The summed E-state index contributed by atoms with van der Waals surface area (Å²) in [6.45, 7) is 2.86. The number of rotatable bonds is 5. The van der Waals surface area contributed by atoms with Crippen LogP contribution in [-0.4, -0.2) is 38.7 Å². The number of hydrogen-bond acceptors (Lipinski definition) is 6. The summed E-state index contributed by atoms with van der Waals surface area (Å²) in [5.41, 5.74) is 8.64. The minimum Gasteiger partial charge on any atom is -0.455 e. The van der Waals surface area contributed by atoms with Crippen LogP contribution in [0.15, 0.2) is 60.9 Å². The van der Waals surface area contributed by atoms with E-state index in [2.05, 4.69) is 28.3 Å². The highest BCUT2D eigenvalue weighted by atomic mass is 19.1. The molecule has 0 amide bonds. The first-order valence-electron chi connectivity index (χ1n) is 11.7. The number of nitrogens with two attached hydrogens (primary N) is 1. The van der Waals surface area contributed by atoms with E-state index in [0.29, 0.717) is 30.4 Å². The van der Waals surface area contributed by atoms with Gasteiger partial charge in [-0.2, -0.15) is 0 Å². The molecule has 7 nitrogen and oxygen atoms in total. The summed E-state index contributed by atoms with van der Waals surface area (Å²) in [4.78, 5) is 21.6. The Hall–Kier alpha value is -3.78. The standard InChI is InChI=1S/C27H28FN5O2/c1-17-14-27(9-11-30-17,35-26(34)18-6-4-3-5-7-18)15-20-13-22-21(8-10-31-25(22)33(20)2)19-12-23(28)24(29)32-16-19/h3-8,10,12-13,16-17,30H,9,11,14-15H2,1-2H3,(H2,29,32). The van der Waals surface area contributed by atoms with Gasteiger partial charge in [-0.25, -0.2) is 19.2 Å². The highest BCUT2D eigenvalue weighted by Crippen LogP contribution is 2.35. The fourth-order valence-electron chi connectivity index (χ4n) is 5.02. The number of benzene rings is 1. The molecule has 3 N–H and O–H groups in total. The number of fused-ring (bicyclic) bond motifs is 1.